The van der Waals surface area contributed by atoms with Gasteiger partial charge in [0.15, 0.2) is 0 Å². The molecule has 1 saturated carbocycles. The first-order chi connectivity index (χ1) is 7.58. The molecule has 1 rings (SSSR count). The van der Waals surface area contributed by atoms with Crippen LogP contribution < -0.4 is 11.5 Å². The second kappa shape index (κ2) is 5.07. The number of nitrogens with two attached hydrogens (primary N) is 2. The van der Waals surface area contributed by atoms with Gasteiger partial charge in [-0.15, -0.1) is 0 Å². The van der Waals surface area contributed by atoms with Crippen molar-refractivity contribution in [3.05, 3.63) is 0 Å². The Balaban J connectivity index is 2.80. The van der Waals surface area contributed by atoms with E-state index in [-0.39, 0.29) is 0 Å². The van der Waals surface area contributed by atoms with Crippen molar-refractivity contribution in [2.45, 2.75) is 43.4 Å². The molecule has 0 heterocycles. The van der Waals surface area contributed by atoms with E-state index in [1.54, 1.807) is 0 Å². The molecule has 7 N–H and O–H groups in total. The van der Waals surface area contributed by atoms with Crippen LogP contribution in [-0.2, 0) is 13.7 Å². The molecule has 102 valence electrons. The summed E-state index contributed by atoms with van der Waals surface area (Å²) in [6.07, 6.45) is 3.26. The third kappa shape index (κ3) is 3.36. The van der Waals surface area contributed by atoms with Gasteiger partial charge in [-0.3, -0.25) is 20.6 Å². The standard InChI is InChI=1S/C7H18N2O6P2/c8-7(9,16(10,11)12)17(13,14)15-6-4-2-1-3-5-6/h6H,1-5,8-9H2,(H,13,14)(H2,10,11,12). The molecule has 1 atom stereocenters. The van der Waals surface area contributed by atoms with E-state index < -0.39 is 26.4 Å². The van der Waals surface area contributed by atoms with Crippen molar-refractivity contribution in [2.24, 2.45) is 11.5 Å². The largest absolute Gasteiger partial charge is 0.375 e. The zero-order chi connectivity index (χ0) is 13.3. The second-order valence-electron chi connectivity index (χ2n) is 4.21. The van der Waals surface area contributed by atoms with Crippen molar-refractivity contribution < 1.29 is 28.3 Å². The fourth-order valence-corrected chi connectivity index (χ4v) is 3.86. The van der Waals surface area contributed by atoms with Crippen molar-refractivity contribution in [2.75, 3.05) is 0 Å². The molecule has 0 amide bonds. The molecular formula is C7H18N2O6P2. The molecule has 0 aromatic carbocycles. The first-order valence-electron chi connectivity index (χ1n) is 5.22. The van der Waals surface area contributed by atoms with Crippen LogP contribution in [0, 0.1) is 0 Å². The number of hydrogen-bond donors (Lipinski definition) is 5. The van der Waals surface area contributed by atoms with Crippen LogP contribution in [-0.4, -0.2) is 25.9 Å². The highest BCUT2D eigenvalue weighted by molar-refractivity contribution is 7.72. The van der Waals surface area contributed by atoms with Crippen molar-refractivity contribution in [1.29, 1.82) is 0 Å². The van der Waals surface area contributed by atoms with E-state index in [4.69, 9.17) is 25.8 Å². The van der Waals surface area contributed by atoms with E-state index in [0.717, 1.165) is 19.3 Å². The molecule has 1 aliphatic carbocycles. The Kier molecular flexibility index (Phi) is 4.56. The topological polar surface area (TPSA) is 156 Å². The van der Waals surface area contributed by atoms with Crippen LogP contribution in [0.2, 0.25) is 0 Å². The van der Waals surface area contributed by atoms with Gasteiger partial charge in [-0.25, -0.2) is 0 Å². The van der Waals surface area contributed by atoms with Crippen LogP contribution in [0.4, 0.5) is 0 Å². The highest BCUT2D eigenvalue weighted by atomic mass is 31.2. The summed E-state index contributed by atoms with van der Waals surface area (Å²) >= 11 is 0. The third-order valence-corrected chi connectivity index (χ3v) is 6.73. The molecule has 0 spiro atoms. The zero-order valence-corrected chi connectivity index (χ0v) is 11.0. The van der Waals surface area contributed by atoms with E-state index in [1.165, 1.54) is 0 Å². The lowest BCUT2D eigenvalue weighted by atomic mass is 9.98. The molecule has 17 heavy (non-hydrogen) atoms. The van der Waals surface area contributed by atoms with Crippen LogP contribution in [0.25, 0.3) is 0 Å². The molecule has 1 aliphatic rings. The van der Waals surface area contributed by atoms with Crippen LogP contribution in [0.3, 0.4) is 0 Å². The molecule has 0 aliphatic heterocycles. The number of hydrogen-bond acceptors (Lipinski definition) is 5. The van der Waals surface area contributed by atoms with E-state index in [2.05, 4.69) is 0 Å². The minimum absolute atomic E-state index is 0.530. The quantitative estimate of drug-likeness (QED) is 0.363. The normalized spacial score (nSPS) is 23.4. The first-order valence-corrected chi connectivity index (χ1v) is 8.41. The summed E-state index contributed by atoms with van der Waals surface area (Å²) in [5.41, 5.74) is 10.1. The summed E-state index contributed by atoms with van der Waals surface area (Å²) in [5, 5.41) is -3.06. The maximum Gasteiger partial charge on any atom is 0.375 e. The monoisotopic (exact) mass is 288 g/mol. The van der Waals surface area contributed by atoms with Gasteiger partial charge in [0.25, 0.3) is 5.15 Å². The van der Waals surface area contributed by atoms with Crippen molar-refractivity contribution in [3.8, 4) is 0 Å². The molecule has 8 nitrogen and oxygen atoms in total. The van der Waals surface area contributed by atoms with E-state index in [9.17, 15) is 14.0 Å². The average molecular weight is 288 g/mol. The van der Waals surface area contributed by atoms with Gasteiger partial charge in [0.1, 0.15) is 0 Å². The lowest BCUT2D eigenvalue weighted by Crippen LogP contribution is -2.49. The minimum Gasteiger partial charge on any atom is -0.322 e. The van der Waals surface area contributed by atoms with Crippen LogP contribution in [0.1, 0.15) is 32.1 Å². The Morgan fingerprint density at radius 3 is 1.94 bits per heavy atom. The molecule has 0 bridgehead atoms. The van der Waals surface area contributed by atoms with Gasteiger partial charge in [-0.05, 0) is 12.8 Å². The Hall–Kier alpha value is 0.220. The van der Waals surface area contributed by atoms with E-state index in [1.807, 2.05) is 0 Å². The van der Waals surface area contributed by atoms with Crippen molar-refractivity contribution >= 4 is 15.2 Å². The van der Waals surface area contributed by atoms with E-state index >= 15 is 0 Å². The minimum atomic E-state index is -5.14. The number of rotatable bonds is 4. The maximum absolute atomic E-state index is 11.7. The lowest BCUT2D eigenvalue weighted by Gasteiger charge is -2.32. The van der Waals surface area contributed by atoms with Gasteiger partial charge in [0.2, 0.25) is 0 Å². The lowest BCUT2D eigenvalue weighted by molar-refractivity contribution is 0.127. The van der Waals surface area contributed by atoms with Gasteiger partial charge in [0.05, 0.1) is 6.10 Å². The highest BCUT2D eigenvalue weighted by Crippen LogP contribution is 2.66. The van der Waals surface area contributed by atoms with Crippen molar-refractivity contribution in [3.63, 3.8) is 0 Å². The average Bonchev–Trinajstić information content (AvgIpc) is 2.16. The Bertz CT molecular complexity index is 361. The Labute approximate surface area is 99.0 Å². The van der Waals surface area contributed by atoms with Gasteiger partial charge in [0, 0.05) is 0 Å². The van der Waals surface area contributed by atoms with Crippen LogP contribution in [0.5, 0.6) is 0 Å². The fourth-order valence-electron chi connectivity index (χ4n) is 1.62. The SMILES string of the molecule is NC(N)(P(=O)(O)O)P(=O)(O)OC1CCCCC1. The fraction of sp³-hybridized carbons (Fsp3) is 1.00. The van der Waals surface area contributed by atoms with Gasteiger partial charge in [-0.1, -0.05) is 19.3 Å². The van der Waals surface area contributed by atoms with E-state index in [0.29, 0.717) is 12.8 Å². The molecule has 10 heteroatoms. The smallest absolute Gasteiger partial charge is 0.322 e. The maximum atomic E-state index is 11.7. The second-order valence-corrected chi connectivity index (χ2v) is 8.39. The summed E-state index contributed by atoms with van der Waals surface area (Å²) < 4.78 is 27.6. The first kappa shape index (κ1) is 15.3. The molecular weight excluding hydrogens is 270 g/mol. The summed E-state index contributed by atoms with van der Waals surface area (Å²) in [4.78, 5) is 27.2. The summed E-state index contributed by atoms with van der Waals surface area (Å²) in [6.45, 7) is 0. The zero-order valence-electron chi connectivity index (χ0n) is 9.23. The molecule has 0 aromatic rings. The Morgan fingerprint density at radius 1 is 1.06 bits per heavy atom. The van der Waals surface area contributed by atoms with Crippen LogP contribution in [0.15, 0.2) is 0 Å². The molecule has 0 radical (unpaired) electrons. The summed E-state index contributed by atoms with van der Waals surface area (Å²) in [7, 11) is -9.93. The van der Waals surface area contributed by atoms with Crippen LogP contribution >= 0.6 is 15.2 Å². The summed E-state index contributed by atoms with van der Waals surface area (Å²) in [6, 6.07) is 0. The molecule has 1 fully saturated rings. The highest BCUT2D eigenvalue weighted by Gasteiger charge is 2.57. The van der Waals surface area contributed by atoms with Gasteiger partial charge >= 0.3 is 15.2 Å². The molecule has 1 unspecified atom stereocenters. The molecule has 0 aromatic heterocycles. The predicted molar refractivity (Wildman–Crippen MR) is 60.9 cm³/mol. The van der Waals surface area contributed by atoms with Gasteiger partial charge < -0.3 is 19.2 Å². The van der Waals surface area contributed by atoms with Crippen molar-refractivity contribution in [1.82, 2.24) is 0 Å². The third-order valence-electron chi connectivity index (χ3n) is 2.76. The molecule has 0 saturated heterocycles. The van der Waals surface area contributed by atoms with Gasteiger partial charge in [-0.2, -0.15) is 0 Å². The Morgan fingerprint density at radius 2 is 1.53 bits per heavy atom. The predicted octanol–water partition coefficient (Wildman–Crippen LogP) is 0.227. The summed E-state index contributed by atoms with van der Waals surface area (Å²) in [5.74, 6) is 0.